The summed E-state index contributed by atoms with van der Waals surface area (Å²) in [6, 6.07) is 18.2. The number of para-hydroxylation sites is 1. The van der Waals surface area contributed by atoms with Crippen molar-refractivity contribution in [3.8, 4) is 17.1 Å². The lowest BCUT2D eigenvalue weighted by molar-refractivity contribution is -0.385. The Balaban J connectivity index is 1.90. The third kappa shape index (κ3) is 5.02. The number of aromatic nitrogens is 2. The number of carbonyl (C=O) groups is 1. The fourth-order valence-electron chi connectivity index (χ4n) is 3.30. The van der Waals surface area contributed by atoms with Gasteiger partial charge in [0.2, 0.25) is 5.75 Å². The van der Waals surface area contributed by atoms with Crippen LogP contribution in [0, 0.1) is 10.1 Å². The van der Waals surface area contributed by atoms with Gasteiger partial charge in [-0.2, -0.15) is 9.78 Å². The van der Waals surface area contributed by atoms with Crippen LogP contribution in [-0.4, -0.2) is 40.5 Å². The maximum Gasteiger partial charge on any atom is 0.343 e. The van der Waals surface area contributed by atoms with Crippen molar-refractivity contribution in [1.82, 2.24) is 9.66 Å². The van der Waals surface area contributed by atoms with E-state index in [1.807, 2.05) is 6.07 Å². The lowest BCUT2D eigenvalue weighted by atomic mass is 10.2. The number of esters is 1. The minimum atomic E-state index is -0.738. The van der Waals surface area contributed by atoms with Crippen LogP contribution in [0.5, 0.6) is 5.75 Å². The Morgan fingerprint density at radius 2 is 1.89 bits per heavy atom. The largest absolute Gasteiger partial charge is 0.474 e. The van der Waals surface area contributed by atoms with Crippen LogP contribution in [0.2, 0.25) is 5.02 Å². The maximum absolute atomic E-state index is 13.3. The molecule has 0 aliphatic carbocycles. The molecular formula is C24H17ClN4O6. The van der Waals surface area contributed by atoms with E-state index in [1.54, 1.807) is 48.5 Å². The molecule has 1 aromatic heterocycles. The summed E-state index contributed by atoms with van der Waals surface area (Å²) in [6.45, 7) is -0.577. The van der Waals surface area contributed by atoms with Gasteiger partial charge in [0.1, 0.15) is 0 Å². The van der Waals surface area contributed by atoms with Crippen molar-refractivity contribution in [2.24, 2.45) is 5.10 Å². The molecule has 0 radical (unpaired) electrons. The summed E-state index contributed by atoms with van der Waals surface area (Å²) < 4.78 is 11.0. The van der Waals surface area contributed by atoms with Gasteiger partial charge in [-0.15, -0.1) is 0 Å². The molecule has 3 aromatic carbocycles. The van der Waals surface area contributed by atoms with Crippen LogP contribution >= 0.6 is 11.6 Å². The highest BCUT2D eigenvalue weighted by Gasteiger charge is 2.22. The molecule has 0 bridgehead atoms. The molecule has 0 aliphatic rings. The van der Waals surface area contributed by atoms with Gasteiger partial charge in [-0.05, 0) is 18.2 Å². The molecule has 0 N–H and O–H groups in total. The number of fused-ring (bicyclic) bond motifs is 1. The number of nitrogens with zero attached hydrogens (tertiary/aromatic N) is 4. The van der Waals surface area contributed by atoms with Gasteiger partial charge in [0.15, 0.2) is 12.4 Å². The molecule has 11 heteroatoms. The Kier molecular flexibility index (Phi) is 6.83. The summed E-state index contributed by atoms with van der Waals surface area (Å²) in [7, 11) is 1.16. The molecule has 4 rings (SSSR count). The van der Waals surface area contributed by atoms with E-state index in [-0.39, 0.29) is 22.2 Å². The first-order valence-corrected chi connectivity index (χ1v) is 10.6. The summed E-state index contributed by atoms with van der Waals surface area (Å²) in [5.74, 6) is -0.728. The number of hydrogen-bond acceptors (Lipinski definition) is 8. The average molecular weight is 493 g/mol. The summed E-state index contributed by atoms with van der Waals surface area (Å²) >= 11 is 6.08. The molecule has 0 atom stereocenters. The van der Waals surface area contributed by atoms with E-state index < -0.39 is 28.7 Å². The zero-order chi connectivity index (χ0) is 24.9. The van der Waals surface area contributed by atoms with Gasteiger partial charge < -0.3 is 9.47 Å². The Hall–Kier alpha value is -4.57. The minimum Gasteiger partial charge on any atom is -0.474 e. The number of halogens is 1. The number of nitro groups is 1. The fraction of sp³-hybridized carbons (Fsp3) is 0.0833. The van der Waals surface area contributed by atoms with E-state index in [2.05, 4.69) is 14.8 Å². The first-order chi connectivity index (χ1) is 16.9. The fourth-order valence-corrected chi connectivity index (χ4v) is 3.52. The predicted molar refractivity (Wildman–Crippen MR) is 130 cm³/mol. The highest BCUT2D eigenvalue weighted by Crippen LogP contribution is 2.34. The van der Waals surface area contributed by atoms with E-state index in [0.717, 1.165) is 17.9 Å². The number of nitro benzene ring substituents is 1. The molecule has 1 heterocycles. The van der Waals surface area contributed by atoms with E-state index in [4.69, 9.17) is 16.3 Å². The van der Waals surface area contributed by atoms with E-state index in [1.165, 1.54) is 12.3 Å². The van der Waals surface area contributed by atoms with Gasteiger partial charge in [0.05, 0.1) is 29.2 Å². The first-order valence-electron chi connectivity index (χ1n) is 10.2. The standard InChI is InChI=1S/C24H17ClN4O6/c1-34-21(30)14-35-22-16(11-17(25)12-20(22)29(32)33)13-26-28-23(15-7-3-2-4-8-15)27-19-10-6-5-9-18(19)24(28)31/h2-13H,14H2,1H3. The molecule has 0 amide bonds. The molecule has 0 saturated heterocycles. The van der Waals surface area contributed by atoms with Crippen molar-refractivity contribution in [2.75, 3.05) is 13.7 Å². The monoisotopic (exact) mass is 492 g/mol. The van der Waals surface area contributed by atoms with Crippen LogP contribution in [0.25, 0.3) is 22.3 Å². The normalized spacial score (nSPS) is 11.0. The van der Waals surface area contributed by atoms with Gasteiger partial charge >= 0.3 is 11.7 Å². The lowest BCUT2D eigenvalue weighted by Crippen LogP contribution is -2.20. The number of benzene rings is 3. The van der Waals surface area contributed by atoms with E-state index in [0.29, 0.717) is 16.5 Å². The van der Waals surface area contributed by atoms with Gasteiger partial charge in [-0.3, -0.25) is 14.9 Å². The molecule has 0 unspecified atom stereocenters. The second-order valence-electron chi connectivity index (χ2n) is 7.15. The van der Waals surface area contributed by atoms with Gasteiger partial charge in [-0.25, -0.2) is 9.78 Å². The zero-order valence-corrected chi connectivity index (χ0v) is 19.0. The van der Waals surface area contributed by atoms with Crippen molar-refractivity contribution in [1.29, 1.82) is 0 Å². The van der Waals surface area contributed by atoms with Crippen molar-refractivity contribution < 1.29 is 19.2 Å². The molecule has 0 spiro atoms. The van der Waals surface area contributed by atoms with Crippen molar-refractivity contribution >= 4 is 40.4 Å². The maximum atomic E-state index is 13.3. The lowest BCUT2D eigenvalue weighted by Gasteiger charge is -2.11. The molecular weight excluding hydrogens is 476 g/mol. The topological polar surface area (TPSA) is 126 Å². The van der Waals surface area contributed by atoms with Crippen LogP contribution in [0.4, 0.5) is 5.69 Å². The number of rotatable bonds is 7. The number of carbonyl (C=O) groups excluding carboxylic acids is 1. The molecule has 35 heavy (non-hydrogen) atoms. The van der Waals surface area contributed by atoms with E-state index >= 15 is 0 Å². The molecule has 176 valence electrons. The number of hydrogen-bond donors (Lipinski definition) is 0. The molecule has 10 nitrogen and oxygen atoms in total. The summed E-state index contributed by atoms with van der Waals surface area (Å²) in [5, 5.41) is 16.3. The SMILES string of the molecule is COC(=O)COc1c(C=Nn2c(-c3ccccc3)nc3ccccc3c2=O)cc(Cl)cc1[N+](=O)[O-]. The summed E-state index contributed by atoms with van der Waals surface area (Å²) in [5.41, 5.74) is 0.275. The second-order valence-corrected chi connectivity index (χ2v) is 7.58. The quantitative estimate of drug-likeness (QED) is 0.165. The predicted octanol–water partition coefficient (Wildman–Crippen LogP) is 4.06. The molecule has 0 saturated carbocycles. The molecule has 0 aliphatic heterocycles. The van der Waals surface area contributed by atoms with Crippen LogP contribution in [0.15, 0.2) is 76.6 Å². The van der Waals surface area contributed by atoms with Crippen molar-refractivity contribution in [3.05, 3.63) is 97.8 Å². The third-order valence-electron chi connectivity index (χ3n) is 4.92. The Bertz CT molecular complexity index is 1520. The van der Waals surface area contributed by atoms with Crippen LogP contribution in [0.3, 0.4) is 0 Å². The Morgan fingerprint density at radius 3 is 2.60 bits per heavy atom. The second kappa shape index (κ2) is 10.1. The van der Waals surface area contributed by atoms with Gasteiger partial charge in [0.25, 0.3) is 5.56 Å². The zero-order valence-electron chi connectivity index (χ0n) is 18.3. The number of ether oxygens (including phenoxy) is 2. The van der Waals surface area contributed by atoms with Crippen LogP contribution < -0.4 is 10.3 Å². The average Bonchev–Trinajstić information content (AvgIpc) is 2.87. The van der Waals surface area contributed by atoms with E-state index in [9.17, 15) is 19.7 Å². The highest BCUT2D eigenvalue weighted by molar-refractivity contribution is 6.31. The first kappa shape index (κ1) is 23.6. The van der Waals surface area contributed by atoms with Crippen LogP contribution in [0.1, 0.15) is 5.56 Å². The summed E-state index contributed by atoms with van der Waals surface area (Å²) in [4.78, 5) is 40.4. The highest BCUT2D eigenvalue weighted by atomic mass is 35.5. The van der Waals surface area contributed by atoms with Crippen molar-refractivity contribution in [2.45, 2.75) is 0 Å². The minimum absolute atomic E-state index is 0.0378. The Morgan fingerprint density at radius 1 is 1.17 bits per heavy atom. The van der Waals surface area contributed by atoms with Crippen molar-refractivity contribution in [3.63, 3.8) is 0 Å². The Labute approximate surface area is 203 Å². The van der Waals surface area contributed by atoms with Gasteiger partial charge in [-0.1, -0.05) is 54.1 Å². The van der Waals surface area contributed by atoms with Crippen LogP contribution in [-0.2, 0) is 9.53 Å². The number of methoxy groups -OCH3 is 1. The summed E-state index contributed by atoms with van der Waals surface area (Å²) in [6.07, 6.45) is 1.19. The third-order valence-corrected chi connectivity index (χ3v) is 5.14. The molecule has 4 aromatic rings. The van der Waals surface area contributed by atoms with Gasteiger partial charge in [0, 0.05) is 22.2 Å². The smallest absolute Gasteiger partial charge is 0.343 e. The molecule has 0 fully saturated rings.